The summed E-state index contributed by atoms with van der Waals surface area (Å²) in [5.74, 6) is 0.707. The number of hydrogen-bond donors (Lipinski definition) is 1. The van der Waals surface area contributed by atoms with Crippen molar-refractivity contribution in [2.75, 3.05) is 30.4 Å². The van der Waals surface area contributed by atoms with E-state index in [9.17, 15) is 10.1 Å². The van der Waals surface area contributed by atoms with Gasteiger partial charge in [-0.1, -0.05) is 0 Å². The van der Waals surface area contributed by atoms with Crippen LogP contribution in [-0.4, -0.2) is 47.2 Å². The van der Waals surface area contributed by atoms with E-state index in [1.165, 1.54) is 6.20 Å². The Morgan fingerprint density at radius 3 is 2.63 bits per heavy atom. The maximum Gasteiger partial charge on any atom is 0.329 e. The van der Waals surface area contributed by atoms with Gasteiger partial charge in [0.2, 0.25) is 11.8 Å². The molecule has 2 atom stereocenters. The Morgan fingerprint density at radius 1 is 1.47 bits per heavy atom. The molecule has 0 aromatic carbocycles. The number of ether oxygens (including phenoxy) is 1. The van der Waals surface area contributed by atoms with Crippen molar-refractivity contribution in [2.24, 2.45) is 0 Å². The molecule has 0 bridgehead atoms. The third-order valence-electron chi connectivity index (χ3n) is 2.89. The average Bonchev–Trinajstić information content (AvgIpc) is 2.36. The van der Waals surface area contributed by atoms with E-state index in [4.69, 9.17) is 4.74 Å². The van der Waals surface area contributed by atoms with Gasteiger partial charge in [-0.15, -0.1) is 0 Å². The van der Waals surface area contributed by atoms with E-state index in [0.717, 1.165) is 0 Å². The van der Waals surface area contributed by atoms with Crippen LogP contribution in [0.2, 0.25) is 0 Å². The van der Waals surface area contributed by atoms with Crippen LogP contribution in [0.1, 0.15) is 13.8 Å². The molecule has 104 valence electrons. The first-order valence-electron chi connectivity index (χ1n) is 6.11. The van der Waals surface area contributed by atoms with Crippen LogP contribution in [0.15, 0.2) is 6.20 Å². The molecule has 19 heavy (non-hydrogen) atoms. The van der Waals surface area contributed by atoms with Crippen LogP contribution < -0.4 is 10.2 Å². The quantitative estimate of drug-likeness (QED) is 0.646. The van der Waals surface area contributed by atoms with Crippen molar-refractivity contribution in [3.8, 4) is 0 Å². The maximum atomic E-state index is 11.1. The van der Waals surface area contributed by atoms with Crippen LogP contribution in [-0.2, 0) is 4.74 Å². The van der Waals surface area contributed by atoms with Crippen LogP contribution >= 0.6 is 0 Å². The second-order valence-electron chi connectivity index (χ2n) is 4.57. The molecule has 1 aromatic heterocycles. The average molecular weight is 267 g/mol. The van der Waals surface area contributed by atoms with E-state index in [1.807, 2.05) is 18.7 Å². The lowest BCUT2D eigenvalue weighted by molar-refractivity contribution is -0.384. The Kier molecular flexibility index (Phi) is 3.79. The van der Waals surface area contributed by atoms with Crippen molar-refractivity contribution in [1.82, 2.24) is 9.97 Å². The summed E-state index contributed by atoms with van der Waals surface area (Å²) in [5.41, 5.74) is -0.0831. The number of nitrogens with zero attached hydrogens (tertiary/aromatic N) is 4. The van der Waals surface area contributed by atoms with Crippen molar-refractivity contribution >= 4 is 17.5 Å². The van der Waals surface area contributed by atoms with Gasteiger partial charge < -0.3 is 15.0 Å². The molecule has 0 spiro atoms. The highest BCUT2D eigenvalue weighted by atomic mass is 16.6. The number of anilines is 2. The third-order valence-corrected chi connectivity index (χ3v) is 2.89. The molecular weight excluding hydrogens is 250 g/mol. The number of rotatable bonds is 3. The number of nitro groups is 1. The molecule has 8 heteroatoms. The van der Waals surface area contributed by atoms with Crippen LogP contribution in [0.5, 0.6) is 0 Å². The van der Waals surface area contributed by atoms with Gasteiger partial charge in [0.1, 0.15) is 6.20 Å². The molecule has 0 amide bonds. The fourth-order valence-electron chi connectivity index (χ4n) is 2.20. The van der Waals surface area contributed by atoms with Gasteiger partial charge in [0.25, 0.3) is 0 Å². The number of aromatic nitrogens is 2. The third kappa shape index (κ3) is 2.90. The minimum absolute atomic E-state index is 0.0105. The van der Waals surface area contributed by atoms with Gasteiger partial charge in [-0.25, -0.2) is 4.98 Å². The topological polar surface area (TPSA) is 93.4 Å². The van der Waals surface area contributed by atoms with Crippen molar-refractivity contribution < 1.29 is 9.66 Å². The summed E-state index contributed by atoms with van der Waals surface area (Å²) in [4.78, 5) is 20.6. The summed E-state index contributed by atoms with van der Waals surface area (Å²) < 4.78 is 5.62. The predicted octanol–water partition coefficient (Wildman–Crippen LogP) is 1.04. The first kappa shape index (κ1) is 13.5. The highest BCUT2D eigenvalue weighted by molar-refractivity contribution is 5.59. The SMILES string of the molecule is CNc1ncc([N+](=O)[O-])c(N2CC(C)OC(C)C2)n1. The molecule has 8 nitrogen and oxygen atoms in total. The maximum absolute atomic E-state index is 11.1. The molecule has 2 heterocycles. The van der Waals surface area contributed by atoms with Gasteiger partial charge in [-0.05, 0) is 13.8 Å². The second kappa shape index (κ2) is 5.35. The van der Waals surface area contributed by atoms with Crippen LogP contribution in [0.4, 0.5) is 17.5 Å². The molecule has 1 aromatic rings. The van der Waals surface area contributed by atoms with Gasteiger partial charge in [0, 0.05) is 20.1 Å². The van der Waals surface area contributed by atoms with Crippen molar-refractivity contribution in [3.63, 3.8) is 0 Å². The summed E-state index contributed by atoms with van der Waals surface area (Å²) in [6.45, 7) is 5.03. The lowest BCUT2D eigenvalue weighted by Gasteiger charge is -2.35. The van der Waals surface area contributed by atoms with Gasteiger partial charge in [-0.3, -0.25) is 10.1 Å². The zero-order valence-corrected chi connectivity index (χ0v) is 11.2. The first-order chi connectivity index (χ1) is 9.01. The van der Waals surface area contributed by atoms with Crippen molar-refractivity contribution in [2.45, 2.75) is 26.1 Å². The number of morpholine rings is 1. The molecule has 2 unspecified atom stereocenters. The Hall–Kier alpha value is -1.96. The fraction of sp³-hybridized carbons (Fsp3) is 0.636. The van der Waals surface area contributed by atoms with Gasteiger partial charge >= 0.3 is 5.69 Å². The van der Waals surface area contributed by atoms with Crippen LogP contribution in [0, 0.1) is 10.1 Å². The zero-order valence-electron chi connectivity index (χ0n) is 11.2. The van der Waals surface area contributed by atoms with E-state index < -0.39 is 4.92 Å². The lowest BCUT2D eigenvalue weighted by Crippen LogP contribution is -2.46. The molecular formula is C11H17N5O3. The van der Waals surface area contributed by atoms with E-state index in [0.29, 0.717) is 24.9 Å². The Labute approximate surface area is 110 Å². The Balaban J connectivity index is 2.38. The summed E-state index contributed by atoms with van der Waals surface area (Å²) in [6, 6.07) is 0. The van der Waals surface area contributed by atoms with Crippen LogP contribution in [0.25, 0.3) is 0 Å². The molecule has 1 saturated heterocycles. The molecule has 0 saturated carbocycles. The molecule has 1 fully saturated rings. The fourth-order valence-corrected chi connectivity index (χ4v) is 2.20. The molecule has 0 aliphatic carbocycles. The van der Waals surface area contributed by atoms with Gasteiger partial charge in [-0.2, -0.15) is 4.98 Å². The van der Waals surface area contributed by atoms with Crippen LogP contribution in [0.3, 0.4) is 0 Å². The van der Waals surface area contributed by atoms with E-state index >= 15 is 0 Å². The van der Waals surface area contributed by atoms with Crippen molar-refractivity contribution in [3.05, 3.63) is 16.3 Å². The highest BCUT2D eigenvalue weighted by Crippen LogP contribution is 2.28. The summed E-state index contributed by atoms with van der Waals surface area (Å²) in [6.07, 6.45) is 1.26. The largest absolute Gasteiger partial charge is 0.372 e. The number of nitrogens with one attached hydrogen (secondary N) is 1. The standard InChI is InChI=1S/C11H17N5O3/c1-7-5-15(6-8(2)19-7)10-9(16(17)18)4-13-11(12-3)14-10/h4,7-8H,5-6H2,1-3H3,(H,12,13,14). The minimum atomic E-state index is -0.459. The number of hydrogen-bond acceptors (Lipinski definition) is 7. The van der Waals surface area contributed by atoms with E-state index in [2.05, 4.69) is 15.3 Å². The molecule has 1 aliphatic rings. The van der Waals surface area contributed by atoms with Crippen molar-refractivity contribution in [1.29, 1.82) is 0 Å². The zero-order chi connectivity index (χ0) is 14.0. The Morgan fingerprint density at radius 2 is 2.11 bits per heavy atom. The van der Waals surface area contributed by atoms with Gasteiger partial charge in [0.15, 0.2) is 0 Å². The predicted molar refractivity (Wildman–Crippen MR) is 70.5 cm³/mol. The summed E-state index contributed by atoms with van der Waals surface area (Å²) in [7, 11) is 1.68. The van der Waals surface area contributed by atoms with Gasteiger partial charge in [0.05, 0.1) is 17.1 Å². The second-order valence-corrected chi connectivity index (χ2v) is 4.57. The first-order valence-corrected chi connectivity index (χ1v) is 6.11. The van der Waals surface area contributed by atoms with E-state index in [1.54, 1.807) is 7.05 Å². The molecule has 1 N–H and O–H groups in total. The minimum Gasteiger partial charge on any atom is -0.372 e. The summed E-state index contributed by atoms with van der Waals surface area (Å²) in [5, 5.41) is 13.9. The molecule has 2 rings (SSSR count). The summed E-state index contributed by atoms with van der Waals surface area (Å²) >= 11 is 0. The smallest absolute Gasteiger partial charge is 0.329 e. The van der Waals surface area contributed by atoms with E-state index in [-0.39, 0.29) is 17.9 Å². The molecule has 1 aliphatic heterocycles. The monoisotopic (exact) mass is 267 g/mol. The molecule has 0 radical (unpaired) electrons. The highest BCUT2D eigenvalue weighted by Gasteiger charge is 2.29. The lowest BCUT2D eigenvalue weighted by atomic mass is 10.2. The Bertz CT molecular complexity index is 471. The normalized spacial score (nSPS) is 23.2.